The molecule has 0 saturated heterocycles. The molecule has 4 rings (SSSR count). The molecular weight excluding hydrogens is 396 g/mol. The van der Waals surface area contributed by atoms with Crippen molar-refractivity contribution in [2.45, 2.75) is 26.5 Å². The summed E-state index contributed by atoms with van der Waals surface area (Å²) in [6.45, 7) is 4.29. The zero-order chi connectivity index (χ0) is 22.0. The Morgan fingerprint density at radius 2 is 1.94 bits per heavy atom. The first-order chi connectivity index (χ1) is 15.0. The predicted molar refractivity (Wildman–Crippen MR) is 115 cm³/mol. The van der Waals surface area contributed by atoms with Gasteiger partial charge in [-0.1, -0.05) is 30.3 Å². The van der Waals surface area contributed by atoms with E-state index < -0.39 is 12.0 Å². The van der Waals surface area contributed by atoms with E-state index >= 15 is 0 Å². The minimum atomic E-state index is -0.509. The van der Waals surface area contributed by atoms with Crippen LogP contribution >= 0.6 is 0 Å². The molecule has 1 unspecified atom stereocenters. The number of methoxy groups -OCH3 is 2. The number of fused-ring (bicyclic) bond motifs is 1. The van der Waals surface area contributed by atoms with Gasteiger partial charge in [-0.2, -0.15) is 10.1 Å². The van der Waals surface area contributed by atoms with E-state index in [0.717, 1.165) is 16.7 Å². The molecule has 160 valence electrons. The summed E-state index contributed by atoms with van der Waals surface area (Å²) in [5.41, 5.74) is 4.18. The summed E-state index contributed by atoms with van der Waals surface area (Å²) in [7, 11) is 2.95. The Balaban J connectivity index is 1.69. The largest absolute Gasteiger partial charge is 0.493 e. The molecule has 1 aromatic heterocycles. The van der Waals surface area contributed by atoms with E-state index in [9.17, 15) is 4.79 Å². The predicted octanol–water partition coefficient (Wildman–Crippen LogP) is 3.64. The monoisotopic (exact) mass is 420 g/mol. The van der Waals surface area contributed by atoms with Crippen LogP contribution in [0.3, 0.4) is 0 Å². The molecule has 2 aromatic carbocycles. The summed E-state index contributed by atoms with van der Waals surface area (Å²) in [6.07, 6.45) is 1.44. The molecule has 0 bridgehead atoms. The minimum absolute atomic E-state index is 0.426. The fraction of sp³-hybridized carbons (Fsp3) is 0.261. The average Bonchev–Trinajstić information content (AvgIpc) is 3.25. The normalized spacial score (nSPS) is 15.2. The van der Waals surface area contributed by atoms with Gasteiger partial charge in [0.1, 0.15) is 19.0 Å². The van der Waals surface area contributed by atoms with Gasteiger partial charge in [-0.25, -0.2) is 9.48 Å². The molecule has 8 nitrogen and oxygen atoms in total. The molecule has 0 amide bonds. The first kappa shape index (κ1) is 20.5. The van der Waals surface area contributed by atoms with Crippen molar-refractivity contribution in [2.75, 3.05) is 19.5 Å². The molecule has 2 heterocycles. The molecule has 1 aliphatic heterocycles. The third kappa shape index (κ3) is 3.84. The Kier molecular flexibility index (Phi) is 5.62. The standard InChI is InChI=1S/C23H24N4O4/c1-14-7-5-6-8-17(14)12-31-18-10-9-16(11-19(18)29-3)21-20(22(28)30-4)15(2)26-23-24-13-25-27(21)23/h5-11,13,21H,12H2,1-4H3,(H,24,25,26). The number of benzene rings is 2. The van der Waals surface area contributed by atoms with E-state index in [0.29, 0.717) is 35.3 Å². The summed E-state index contributed by atoms with van der Waals surface area (Å²) < 4.78 is 18.3. The summed E-state index contributed by atoms with van der Waals surface area (Å²) in [4.78, 5) is 16.8. The van der Waals surface area contributed by atoms with Crippen LogP contribution in [-0.4, -0.2) is 35.0 Å². The van der Waals surface area contributed by atoms with E-state index in [1.165, 1.54) is 13.4 Å². The number of esters is 1. The van der Waals surface area contributed by atoms with Crippen molar-refractivity contribution in [1.82, 2.24) is 14.8 Å². The van der Waals surface area contributed by atoms with Crippen LogP contribution < -0.4 is 14.8 Å². The van der Waals surface area contributed by atoms with Crippen molar-refractivity contribution in [2.24, 2.45) is 0 Å². The number of nitrogens with zero attached hydrogens (tertiary/aromatic N) is 3. The smallest absolute Gasteiger partial charge is 0.338 e. The first-order valence-electron chi connectivity index (χ1n) is 9.84. The van der Waals surface area contributed by atoms with Gasteiger partial charge in [0.15, 0.2) is 11.5 Å². The number of hydrogen-bond donors (Lipinski definition) is 1. The SMILES string of the molecule is COC(=O)C1=C(C)Nc2ncnn2C1c1ccc(OCc2ccccc2C)c(OC)c1. The molecule has 3 aromatic rings. The molecular formula is C23H24N4O4. The van der Waals surface area contributed by atoms with Gasteiger partial charge in [0, 0.05) is 5.70 Å². The van der Waals surface area contributed by atoms with Gasteiger partial charge in [0.05, 0.1) is 19.8 Å². The van der Waals surface area contributed by atoms with Crippen LogP contribution in [0.5, 0.6) is 11.5 Å². The second-order valence-electron chi connectivity index (χ2n) is 7.21. The number of carbonyl (C=O) groups excluding carboxylic acids is 1. The highest BCUT2D eigenvalue weighted by Gasteiger charge is 2.34. The highest BCUT2D eigenvalue weighted by atomic mass is 16.5. The number of allylic oxidation sites excluding steroid dienone is 1. The van der Waals surface area contributed by atoms with Crippen molar-refractivity contribution >= 4 is 11.9 Å². The van der Waals surface area contributed by atoms with Crippen molar-refractivity contribution < 1.29 is 19.0 Å². The Morgan fingerprint density at radius 3 is 2.68 bits per heavy atom. The molecule has 0 aliphatic carbocycles. The summed E-state index contributed by atoms with van der Waals surface area (Å²) >= 11 is 0. The van der Waals surface area contributed by atoms with Crippen molar-refractivity contribution in [3.63, 3.8) is 0 Å². The first-order valence-corrected chi connectivity index (χ1v) is 9.84. The quantitative estimate of drug-likeness (QED) is 0.609. The van der Waals surface area contributed by atoms with E-state index in [1.54, 1.807) is 11.8 Å². The third-order valence-corrected chi connectivity index (χ3v) is 5.35. The van der Waals surface area contributed by atoms with Crippen molar-refractivity contribution in [3.05, 3.63) is 76.8 Å². The fourth-order valence-electron chi connectivity index (χ4n) is 3.67. The van der Waals surface area contributed by atoms with Gasteiger partial charge in [0.2, 0.25) is 5.95 Å². The molecule has 1 N–H and O–H groups in total. The van der Waals surface area contributed by atoms with Crippen LogP contribution in [0.1, 0.15) is 29.7 Å². The van der Waals surface area contributed by atoms with Crippen LogP contribution in [0.15, 0.2) is 60.1 Å². The summed E-state index contributed by atoms with van der Waals surface area (Å²) in [5, 5.41) is 7.41. The third-order valence-electron chi connectivity index (χ3n) is 5.35. The van der Waals surface area contributed by atoms with Crippen LogP contribution in [0, 0.1) is 6.92 Å². The lowest BCUT2D eigenvalue weighted by atomic mass is 9.95. The summed E-state index contributed by atoms with van der Waals surface area (Å²) in [6, 6.07) is 13.2. The van der Waals surface area contributed by atoms with Gasteiger partial charge in [-0.05, 0) is 42.7 Å². The maximum Gasteiger partial charge on any atom is 0.338 e. The van der Waals surface area contributed by atoms with Crippen LogP contribution in [0.2, 0.25) is 0 Å². The lowest BCUT2D eigenvalue weighted by Crippen LogP contribution is -2.29. The lowest BCUT2D eigenvalue weighted by molar-refractivity contribution is -0.136. The maximum absolute atomic E-state index is 12.6. The average molecular weight is 420 g/mol. The number of aryl methyl sites for hydroxylation is 1. The number of aromatic nitrogens is 3. The highest BCUT2D eigenvalue weighted by molar-refractivity contribution is 5.92. The Hall–Kier alpha value is -3.81. The fourth-order valence-corrected chi connectivity index (χ4v) is 3.67. The number of hydrogen-bond acceptors (Lipinski definition) is 7. The lowest BCUT2D eigenvalue weighted by Gasteiger charge is -2.28. The van der Waals surface area contributed by atoms with Gasteiger partial charge in [0.25, 0.3) is 0 Å². The second kappa shape index (κ2) is 8.51. The maximum atomic E-state index is 12.6. The van der Waals surface area contributed by atoms with Crippen molar-refractivity contribution in [1.29, 1.82) is 0 Å². The topological polar surface area (TPSA) is 87.5 Å². The number of nitrogens with one attached hydrogen (secondary N) is 1. The van der Waals surface area contributed by atoms with Gasteiger partial charge in [-0.15, -0.1) is 0 Å². The molecule has 1 aliphatic rings. The molecule has 0 fully saturated rings. The number of anilines is 1. The molecule has 31 heavy (non-hydrogen) atoms. The molecule has 0 radical (unpaired) electrons. The second-order valence-corrected chi connectivity index (χ2v) is 7.21. The van der Waals surface area contributed by atoms with E-state index in [1.807, 2.05) is 43.3 Å². The molecule has 0 saturated carbocycles. The molecule has 0 spiro atoms. The van der Waals surface area contributed by atoms with Gasteiger partial charge < -0.3 is 19.5 Å². The number of ether oxygens (including phenoxy) is 3. The minimum Gasteiger partial charge on any atom is -0.493 e. The molecule has 1 atom stereocenters. The van der Waals surface area contributed by atoms with E-state index in [4.69, 9.17) is 14.2 Å². The van der Waals surface area contributed by atoms with Crippen LogP contribution in [-0.2, 0) is 16.1 Å². The Bertz CT molecular complexity index is 1150. The Morgan fingerprint density at radius 1 is 1.13 bits per heavy atom. The molecule has 8 heteroatoms. The van der Waals surface area contributed by atoms with Crippen molar-refractivity contribution in [3.8, 4) is 11.5 Å². The summed E-state index contributed by atoms with van der Waals surface area (Å²) in [5.74, 6) is 1.29. The van der Waals surface area contributed by atoms with Crippen LogP contribution in [0.25, 0.3) is 0 Å². The number of carbonyl (C=O) groups is 1. The number of rotatable bonds is 6. The van der Waals surface area contributed by atoms with Gasteiger partial charge in [-0.3, -0.25) is 0 Å². The zero-order valence-corrected chi connectivity index (χ0v) is 17.9. The van der Waals surface area contributed by atoms with Crippen LogP contribution in [0.4, 0.5) is 5.95 Å². The van der Waals surface area contributed by atoms with Gasteiger partial charge >= 0.3 is 5.97 Å². The zero-order valence-electron chi connectivity index (χ0n) is 17.9. The van der Waals surface area contributed by atoms with E-state index in [2.05, 4.69) is 28.4 Å². The Labute approximate surface area is 180 Å². The van der Waals surface area contributed by atoms with E-state index in [-0.39, 0.29) is 0 Å². The highest BCUT2D eigenvalue weighted by Crippen LogP contribution is 2.39.